The number of pyridine rings is 1. The van der Waals surface area contributed by atoms with Gasteiger partial charge in [-0.05, 0) is 125 Å². The van der Waals surface area contributed by atoms with Crippen molar-refractivity contribution in [2.45, 2.75) is 39.5 Å². The minimum Gasteiger partial charge on any atom is -0.310 e. The number of allylic oxidation sites excluding steroid dienone is 4. The summed E-state index contributed by atoms with van der Waals surface area (Å²) >= 11 is 0. The molecule has 2 nitrogen and oxygen atoms in total. The zero-order chi connectivity index (χ0) is 35.1. The van der Waals surface area contributed by atoms with E-state index >= 15 is 0 Å². The molecule has 1 aliphatic rings. The van der Waals surface area contributed by atoms with E-state index in [1.807, 2.05) is 18.5 Å². The summed E-state index contributed by atoms with van der Waals surface area (Å²) in [6.07, 6.45) is 11.9. The van der Waals surface area contributed by atoms with Gasteiger partial charge in [-0.3, -0.25) is 4.98 Å². The maximum absolute atomic E-state index is 4.36. The van der Waals surface area contributed by atoms with Gasteiger partial charge in [-0.2, -0.15) is 0 Å². The molecular weight excluding hydrogens is 629 g/mol. The summed E-state index contributed by atoms with van der Waals surface area (Å²) in [6, 6.07) is 45.8. The Kier molecular flexibility index (Phi) is 6.82. The van der Waals surface area contributed by atoms with Crippen molar-refractivity contribution in [2.24, 2.45) is 5.92 Å². The Bertz CT molecular complexity index is 2880. The number of para-hydroxylation sites is 1. The summed E-state index contributed by atoms with van der Waals surface area (Å²) in [4.78, 5) is 4.36. The Morgan fingerprint density at radius 2 is 1.29 bits per heavy atom. The summed E-state index contributed by atoms with van der Waals surface area (Å²) in [7, 11) is 0. The second-order valence-electron chi connectivity index (χ2n) is 15.7. The van der Waals surface area contributed by atoms with Crippen molar-refractivity contribution in [3.8, 4) is 33.4 Å². The first-order valence-corrected chi connectivity index (χ1v) is 18.5. The molecule has 0 saturated heterocycles. The van der Waals surface area contributed by atoms with Crippen molar-refractivity contribution in [1.29, 1.82) is 0 Å². The van der Waals surface area contributed by atoms with Crippen LogP contribution in [0.15, 0.2) is 152 Å². The van der Waals surface area contributed by atoms with Crippen LogP contribution in [0, 0.1) is 5.92 Å². The molecule has 0 spiro atoms. The SMILES string of the molecule is CC1C=C(n2c3ccccc3c3cc(-c4cc(-c5ccc(-c6cccnc6)cc5)c5ccc6cc(C(C)(C)C)cc7ccc4c5c67)ccc32)C=CC1. The van der Waals surface area contributed by atoms with Gasteiger partial charge in [0.1, 0.15) is 0 Å². The predicted molar refractivity (Wildman–Crippen MR) is 223 cm³/mol. The molecule has 7 aromatic carbocycles. The molecule has 1 aliphatic carbocycles. The average Bonchev–Trinajstić information content (AvgIpc) is 3.50. The highest BCUT2D eigenvalue weighted by Gasteiger charge is 2.21. The highest BCUT2D eigenvalue weighted by Crippen LogP contribution is 2.46. The molecule has 9 aromatic rings. The Balaban J connectivity index is 1.25. The van der Waals surface area contributed by atoms with Crippen LogP contribution in [0.25, 0.3) is 93.2 Å². The summed E-state index contributed by atoms with van der Waals surface area (Å²) in [5, 5.41) is 10.4. The summed E-state index contributed by atoms with van der Waals surface area (Å²) < 4.78 is 2.45. The maximum atomic E-state index is 4.36. The molecule has 0 bridgehead atoms. The van der Waals surface area contributed by atoms with Crippen LogP contribution in [0.2, 0.25) is 0 Å². The molecule has 0 radical (unpaired) electrons. The molecule has 2 aromatic heterocycles. The fraction of sp³-hybridized carbons (Fsp3) is 0.140. The van der Waals surface area contributed by atoms with Crippen LogP contribution < -0.4 is 0 Å². The van der Waals surface area contributed by atoms with Gasteiger partial charge < -0.3 is 4.57 Å². The van der Waals surface area contributed by atoms with E-state index in [-0.39, 0.29) is 5.41 Å². The zero-order valence-corrected chi connectivity index (χ0v) is 30.1. The first-order chi connectivity index (χ1) is 25.3. The van der Waals surface area contributed by atoms with Crippen LogP contribution >= 0.6 is 0 Å². The van der Waals surface area contributed by atoms with E-state index in [2.05, 4.69) is 171 Å². The Morgan fingerprint density at radius 3 is 2.00 bits per heavy atom. The van der Waals surface area contributed by atoms with Crippen molar-refractivity contribution in [3.63, 3.8) is 0 Å². The van der Waals surface area contributed by atoms with Crippen molar-refractivity contribution in [3.05, 3.63) is 158 Å². The fourth-order valence-electron chi connectivity index (χ4n) is 8.59. The van der Waals surface area contributed by atoms with Gasteiger partial charge >= 0.3 is 0 Å². The zero-order valence-electron chi connectivity index (χ0n) is 30.1. The summed E-state index contributed by atoms with van der Waals surface area (Å²) in [5.41, 5.74) is 12.4. The van der Waals surface area contributed by atoms with E-state index in [0.29, 0.717) is 5.92 Å². The third-order valence-corrected chi connectivity index (χ3v) is 11.3. The molecule has 1 unspecified atom stereocenters. The quantitative estimate of drug-likeness (QED) is 0.171. The Morgan fingerprint density at radius 1 is 0.596 bits per heavy atom. The number of rotatable bonds is 4. The Labute approximate surface area is 304 Å². The molecule has 2 heterocycles. The number of fused-ring (bicyclic) bond motifs is 3. The topological polar surface area (TPSA) is 17.8 Å². The van der Waals surface area contributed by atoms with Crippen LogP contribution in [0.4, 0.5) is 0 Å². The predicted octanol–water partition coefficient (Wildman–Crippen LogP) is 13.8. The van der Waals surface area contributed by atoms with Gasteiger partial charge in [0.05, 0.1) is 11.0 Å². The molecule has 1 atom stereocenters. The smallest absolute Gasteiger partial charge is 0.0541 e. The molecule has 10 rings (SSSR count). The number of nitrogens with zero attached hydrogens (tertiary/aromatic N) is 2. The normalized spacial score (nSPS) is 15.1. The molecule has 250 valence electrons. The molecule has 0 saturated carbocycles. The van der Waals surface area contributed by atoms with Crippen molar-refractivity contribution in [2.75, 3.05) is 0 Å². The van der Waals surface area contributed by atoms with Crippen LogP contribution in [0.3, 0.4) is 0 Å². The van der Waals surface area contributed by atoms with Gasteiger partial charge in [0, 0.05) is 28.9 Å². The lowest BCUT2D eigenvalue weighted by Crippen LogP contribution is -2.10. The molecule has 52 heavy (non-hydrogen) atoms. The van der Waals surface area contributed by atoms with E-state index in [1.165, 1.54) is 93.2 Å². The van der Waals surface area contributed by atoms with Gasteiger partial charge in [0.15, 0.2) is 0 Å². The highest BCUT2D eigenvalue weighted by molar-refractivity contribution is 6.28. The monoisotopic (exact) mass is 668 g/mol. The van der Waals surface area contributed by atoms with E-state index in [4.69, 9.17) is 0 Å². The van der Waals surface area contributed by atoms with Gasteiger partial charge in [0.25, 0.3) is 0 Å². The summed E-state index contributed by atoms with van der Waals surface area (Å²) in [5.74, 6) is 0.518. The molecule has 0 fully saturated rings. The van der Waals surface area contributed by atoms with E-state index in [9.17, 15) is 0 Å². The van der Waals surface area contributed by atoms with Crippen LogP contribution in [-0.2, 0) is 5.41 Å². The minimum absolute atomic E-state index is 0.0624. The molecule has 0 amide bonds. The third-order valence-electron chi connectivity index (χ3n) is 11.3. The Hall–Kier alpha value is -5.99. The summed E-state index contributed by atoms with van der Waals surface area (Å²) in [6.45, 7) is 9.22. The van der Waals surface area contributed by atoms with E-state index < -0.39 is 0 Å². The first kappa shape index (κ1) is 30.8. The number of hydrogen-bond donors (Lipinski definition) is 0. The lowest BCUT2D eigenvalue weighted by Gasteiger charge is -2.23. The number of benzene rings is 7. The largest absolute Gasteiger partial charge is 0.310 e. The fourth-order valence-corrected chi connectivity index (χ4v) is 8.59. The number of aromatic nitrogens is 2. The van der Waals surface area contributed by atoms with Crippen LogP contribution in [0.1, 0.15) is 39.7 Å². The molecular formula is C50H40N2. The van der Waals surface area contributed by atoms with Crippen LogP contribution in [-0.4, -0.2) is 9.55 Å². The van der Waals surface area contributed by atoms with Gasteiger partial charge in [0.2, 0.25) is 0 Å². The highest BCUT2D eigenvalue weighted by atomic mass is 15.0. The average molecular weight is 669 g/mol. The standard InChI is InChI=1S/C50H40N2/c1-31-9-7-11-39(25-31)52-46-13-6-5-12-40(46)45-28-34(20-23-47(45)52)44-29-43(33-16-14-32(15-17-33)37-10-8-24-51-30-37)41-21-18-35-26-38(50(2,3)4)27-36-19-22-42(44)49(41)48(35)36/h5-8,10-31H,9H2,1-4H3. The molecule has 2 heteroatoms. The lowest BCUT2D eigenvalue weighted by atomic mass is 9.81. The van der Waals surface area contributed by atoms with Crippen molar-refractivity contribution >= 4 is 59.8 Å². The second kappa shape index (κ2) is 11.5. The number of hydrogen-bond acceptors (Lipinski definition) is 1. The lowest BCUT2D eigenvalue weighted by molar-refractivity contribution is 0.591. The van der Waals surface area contributed by atoms with Crippen molar-refractivity contribution < 1.29 is 0 Å². The van der Waals surface area contributed by atoms with Gasteiger partial charge in [-0.25, -0.2) is 0 Å². The molecule has 0 N–H and O–H groups in total. The van der Waals surface area contributed by atoms with Crippen LogP contribution in [0.5, 0.6) is 0 Å². The third kappa shape index (κ3) is 4.82. The maximum Gasteiger partial charge on any atom is 0.0541 e. The van der Waals surface area contributed by atoms with Gasteiger partial charge in [-0.15, -0.1) is 0 Å². The van der Waals surface area contributed by atoms with Crippen molar-refractivity contribution in [1.82, 2.24) is 9.55 Å². The molecule has 0 aliphatic heterocycles. The first-order valence-electron chi connectivity index (χ1n) is 18.5. The van der Waals surface area contributed by atoms with Gasteiger partial charge in [-0.1, -0.05) is 131 Å². The minimum atomic E-state index is 0.0624. The van der Waals surface area contributed by atoms with E-state index in [1.54, 1.807) is 0 Å². The second-order valence-corrected chi connectivity index (χ2v) is 15.7. The van der Waals surface area contributed by atoms with E-state index in [0.717, 1.165) is 12.0 Å².